The zero-order chi connectivity index (χ0) is 11.6. The Labute approximate surface area is 97.7 Å². The number of nitrogens with two attached hydrogens (primary N) is 1. The van der Waals surface area contributed by atoms with Crippen LogP contribution in [0.15, 0.2) is 18.5 Å². The molecule has 0 spiro atoms. The topological polar surface area (TPSA) is 42.2 Å². The van der Waals surface area contributed by atoms with Gasteiger partial charge in [-0.25, -0.2) is 0 Å². The molecule has 3 heteroatoms. The molecule has 2 N–H and O–H groups in total. The fourth-order valence-corrected chi connectivity index (χ4v) is 2.50. The predicted molar refractivity (Wildman–Crippen MR) is 67.4 cm³/mol. The zero-order valence-corrected chi connectivity index (χ0v) is 10.2. The summed E-state index contributed by atoms with van der Waals surface area (Å²) in [5, 5.41) is 0. The van der Waals surface area contributed by atoms with Gasteiger partial charge in [-0.05, 0) is 29.9 Å². The molecule has 1 saturated heterocycles. The molecule has 0 bridgehead atoms. The largest absolute Gasteiger partial charge is 0.369 e. The van der Waals surface area contributed by atoms with Gasteiger partial charge in [-0.1, -0.05) is 13.8 Å². The summed E-state index contributed by atoms with van der Waals surface area (Å²) in [5.41, 5.74) is 8.59. The van der Waals surface area contributed by atoms with Crippen molar-refractivity contribution >= 4 is 5.69 Å². The first-order chi connectivity index (χ1) is 7.62. The van der Waals surface area contributed by atoms with Crippen LogP contribution in [0.5, 0.6) is 0 Å². The Bertz CT molecular complexity index is 360. The van der Waals surface area contributed by atoms with Crippen molar-refractivity contribution in [1.29, 1.82) is 0 Å². The van der Waals surface area contributed by atoms with Crippen LogP contribution in [-0.4, -0.2) is 18.1 Å². The molecule has 2 rings (SSSR count). The van der Waals surface area contributed by atoms with Crippen molar-refractivity contribution < 1.29 is 0 Å². The van der Waals surface area contributed by atoms with E-state index in [-0.39, 0.29) is 0 Å². The van der Waals surface area contributed by atoms with Crippen LogP contribution in [0.25, 0.3) is 0 Å². The quantitative estimate of drug-likeness (QED) is 0.829. The van der Waals surface area contributed by atoms with Crippen LogP contribution in [0.4, 0.5) is 5.69 Å². The number of anilines is 1. The van der Waals surface area contributed by atoms with Gasteiger partial charge in [-0.3, -0.25) is 4.98 Å². The van der Waals surface area contributed by atoms with Crippen LogP contribution in [-0.2, 0) is 6.54 Å². The predicted octanol–water partition coefficient (Wildman–Crippen LogP) is 2.17. The van der Waals surface area contributed by atoms with Crippen LogP contribution in [0.3, 0.4) is 0 Å². The van der Waals surface area contributed by atoms with E-state index in [2.05, 4.69) is 23.7 Å². The Morgan fingerprint density at radius 2 is 2.31 bits per heavy atom. The van der Waals surface area contributed by atoms with Crippen LogP contribution in [0.2, 0.25) is 0 Å². The molecule has 1 aliphatic rings. The average Bonchev–Trinajstić information content (AvgIpc) is 2.27. The van der Waals surface area contributed by atoms with Crippen LogP contribution >= 0.6 is 0 Å². The van der Waals surface area contributed by atoms with Crippen molar-refractivity contribution in [2.24, 2.45) is 11.1 Å². The molecule has 0 unspecified atom stereocenters. The molecule has 2 heterocycles. The van der Waals surface area contributed by atoms with Gasteiger partial charge in [0.15, 0.2) is 0 Å². The van der Waals surface area contributed by atoms with Crippen LogP contribution in [0, 0.1) is 5.41 Å². The number of rotatable bonds is 2. The number of piperidine rings is 1. The Kier molecular flexibility index (Phi) is 3.15. The van der Waals surface area contributed by atoms with Gasteiger partial charge in [0.1, 0.15) is 0 Å². The molecule has 0 atom stereocenters. The third-order valence-corrected chi connectivity index (χ3v) is 3.35. The minimum absolute atomic E-state index is 0.403. The molecule has 0 radical (unpaired) electrons. The SMILES string of the molecule is CC1(C)CCCN(c2cnccc2CN)C1. The first kappa shape index (κ1) is 11.4. The lowest BCUT2D eigenvalue weighted by Crippen LogP contribution is -2.40. The maximum absolute atomic E-state index is 5.77. The highest BCUT2D eigenvalue weighted by Gasteiger charge is 2.27. The zero-order valence-electron chi connectivity index (χ0n) is 10.2. The maximum Gasteiger partial charge on any atom is 0.0598 e. The number of nitrogens with zero attached hydrogens (tertiary/aromatic N) is 2. The maximum atomic E-state index is 5.77. The minimum atomic E-state index is 0.403. The Morgan fingerprint density at radius 1 is 1.50 bits per heavy atom. The summed E-state index contributed by atoms with van der Waals surface area (Å²) < 4.78 is 0. The molecule has 3 nitrogen and oxygen atoms in total. The summed E-state index contributed by atoms with van der Waals surface area (Å²) in [6, 6.07) is 2.02. The third kappa shape index (κ3) is 2.35. The molecule has 0 aromatic carbocycles. The molecule has 0 saturated carbocycles. The second-order valence-corrected chi connectivity index (χ2v) is 5.40. The minimum Gasteiger partial charge on any atom is -0.369 e. The molecule has 1 aromatic heterocycles. The van der Waals surface area contributed by atoms with E-state index in [1.807, 2.05) is 18.5 Å². The fourth-order valence-electron chi connectivity index (χ4n) is 2.50. The normalized spacial score (nSPS) is 19.8. The van der Waals surface area contributed by atoms with E-state index in [9.17, 15) is 0 Å². The lowest BCUT2D eigenvalue weighted by atomic mass is 9.84. The lowest BCUT2D eigenvalue weighted by Gasteiger charge is -2.40. The summed E-state index contributed by atoms with van der Waals surface area (Å²) in [4.78, 5) is 6.65. The third-order valence-electron chi connectivity index (χ3n) is 3.35. The first-order valence-electron chi connectivity index (χ1n) is 6.00. The average molecular weight is 219 g/mol. The van der Waals surface area contributed by atoms with Gasteiger partial charge in [0.25, 0.3) is 0 Å². The second-order valence-electron chi connectivity index (χ2n) is 5.40. The Balaban J connectivity index is 2.23. The molecule has 1 fully saturated rings. The molecule has 0 amide bonds. The lowest BCUT2D eigenvalue weighted by molar-refractivity contribution is 0.293. The standard InChI is InChI=1S/C13H21N3/c1-13(2)5-3-7-16(10-13)12-9-15-6-4-11(12)8-14/h4,6,9H,3,5,7-8,10,14H2,1-2H3. The molecular formula is C13H21N3. The van der Waals surface area contributed by atoms with Gasteiger partial charge in [0.2, 0.25) is 0 Å². The highest BCUT2D eigenvalue weighted by Crippen LogP contribution is 2.32. The van der Waals surface area contributed by atoms with Gasteiger partial charge in [0, 0.05) is 25.8 Å². The van der Waals surface area contributed by atoms with E-state index >= 15 is 0 Å². The monoisotopic (exact) mass is 219 g/mol. The van der Waals surface area contributed by atoms with E-state index in [1.54, 1.807) is 0 Å². The van der Waals surface area contributed by atoms with Crippen molar-refractivity contribution in [2.75, 3.05) is 18.0 Å². The molecular weight excluding hydrogens is 198 g/mol. The highest BCUT2D eigenvalue weighted by molar-refractivity contribution is 5.52. The molecule has 1 aromatic rings. The highest BCUT2D eigenvalue weighted by atomic mass is 15.1. The van der Waals surface area contributed by atoms with Gasteiger partial charge in [-0.2, -0.15) is 0 Å². The van der Waals surface area contributed by atoms with Crippen molar-refractivity contribution in [3.8, 4) is 0 Å². The summed E-state index contributed by atoms with van der Waals surface area (Å²) in [7, 11) is 0. The summed E-state index contributed by atoms with van der Waals surface area (Å²) in [6.45, 7) is 7.48. The number of hydrogen-bond acceptors (Lipinski definition) is 3. The Morgan fingerprint density at radius 3 is 3.00 bits per heavy atom. The molecule has 0 aliphatic carbocycles. The van der Waals surface area contributed by atoms with E-state index < -0.39 is 0 Å². The van der Waals surface area contributed by atoms with Crippen molar-refractivity contribution in [3.05, 3.63) is 24.0 Å². The van der Waals surface area contributed by atoms with Gasteiger partial charge in [-0.15, -0.1) is 0 Å². The van der Waals surface area contributed by atoms with E-state index in [4.69, 9.17) is 5.73 Å². The smallest absolute Gasteiger partial charge is 0.0598 e. The van der Waals surface area contributed by atoms with Crippen LogP contribution < -0.4 is 10.6 Å². The number of pyridine rings is 1. The molecule has 88 valence electrons. The molecule has 16 heavy (non-hydrogen) atoms. The van der Waals surface area contributed by atoms with E-state index in [0.29, 0.717) is 12.0 Å². The van der Waals surface area contributed by atoms with E-state index in [1.165, 1.54) is 24.1 Å². The van der Waals surface area contributed by atoms with Crippen molar-refractivity contribution in [1.82, 2.24) is 4.98 Å². The fraction of sp³-hybridized carbons (Fsp3) is 0.615. The summed E-state index contributed by atoms with van der Waals surface area (Å²) >= 11 is 0. The number of aromatic nitrogens is 1. The molecule has 1 aliphatic heterocycles. The van der Waals surface area contributed by atoms with Crippen LogP contribution in [0.1, 0.15) is 32.3 Å². The summed E-state index contributed by atoms with van der Waals surface area (Å²) in [5.74, 6) is 0. The second kappa shape index (κ2) is 4.42. The number of hydrogen-bond donors (Lipinski definition) is 1. The van der Waals surface area contributed by atoms with Gasteiger partial charge >= 0.3 is 0 Å². The van der Waals surface area contributed by atoms with E-state index in [0.717, 1.165) is 13.1 Å². The van der Waals surface area contributed by atoms with Crippen molar-refractivity contribution in [3.63, 3.8) is 0 Å². The van der Waals surface area contributed by atoms with Gasteiger partial charge < -0.3 is 10.6 Å². The summed E-state index contributed by atoms with van der Waals surface area (Å²) in [6.07, 6.45) is 6.33. The first-order valence-corrected chi connectivity index (χ1v) is 6.00. The van der Waals surface area contributed by atoms with Gasteiger partial charge in [0.05, 0.1) is 11.9 Å². The van der Waals surface area contributed by atoms with Crippen molar-refractivity contribution in [2.45, 2.75) is 33.2 Å². The Hall–Kier alpha value is -1.09.